The molecule has 10 heteroatoms. The average Bonchev–Trinajstić information content (AvgIpc) is 2.94. The van der Waals surface area contributed by atoms with Crippen molar-refractivity contribution in [3.8, 4) is 34.4 Å². The van der Waals surface area contributed by atoms with Crippen LogP contribution < -0.4 is 29.9 Å². The van der Waals surface area contributed by atoms with Gasteiger partial charge in [0, 0.05) is 11.1 Å². The fraction of sp³-hybridized carbons (Fsp3) is 0.154. The molecule has 0 bridgehead atoms. The van der Waals surface area contributed by atoms with Gasteiger partial charge in [0.2, 0.25) is 5.75 Å². The van der Waals surface area contributed by atoms with E-state index in [1.165, 1.54) is 21.3 Å². The molecule has 0 aliphatic carbocycles. The third kappa shape index (κ3) is 5.12. The summed E-state index contributed by atoms with van der Waals surface area (Å²) in [5.74, 6) is 2.26. The number of anilines is 1. The summed E-state index contributed by atoms with van der Waals surface area (Å²) in [6.07, 6.45) is 0. The molecule has 184 valence electrons. The predicted molar refractivity (Wildman–Crippen MR) is 136 cm³/mol. The number of nitrogens with zero attached hydrogens (tertiary/aromatic N) is 3. The Hall–Kier alpha value is -4.86. The number of ether oxygens (including phenoxy) is 4. The lowest BCUT2D eigenvalue weighted by Gasteiger charge is -2.15. The van der Waals surface area contributed by atoms with Crippen molar-refractivity contribution in [3.63, 3.8) is 0 Å². The molecule has 0 unspecified atom stereocenters. The second kappa shape index (κ2) is 11.0. The molecule has 2 N–H and O–H groups in total. The SMILES string of the molecule is COc1ccc(N/N=C(/c2cc(OC)c(OC)c(OC)c2)c2nc(-c3ccccc3)n[nH]c2=O)cc1. The van der Waals surface area contributed by atoms with Gasteiger partial charge < -0.3 is 18.9 Å². The van der Waals surface area contributed by atoms with Crippen molar-refractivity contribution in [2.24, 2.45) is 5.10 Å². The number of nitrogens with one attached hydrogen (secondary N) is 2. The number of H-pyrrole nitrogens is 1. The van der Waals surface area contributed by atoms with Crippen LogP contribution in [0.15, 0.2) is 76.6 Å². The van der Waals surface area contributed by atoms with E-state index in [0.29, 0.717) is 40.1 Å². The molecule has 4 rings (SSSR count). The van der Waals surface area contributed by atoms with Crippen molar-refractivity contribution in [2.45, 2.75) is 0 Å². The molecule has 0 saturated heterocycles. The standard InChI is InChI=1S/C26H25N5O5/c1-33-19-12-10-18(11-13-19)28-29-22(17-14-20(34-2)24(36-4)21(15-17)35-3)23-26(32)31-30-25(27-23)16-8-6-5-7-9-16/h5-15,28H,1-4H3,(H,31,32)/b29-22-. The molecule has 4 aromatic rings. The summed E-state index contributed by atoms with van der Waals surface area (Å²) >= 11 is 0. The van der Waals surface area contributed by atoms with E-state index in [0.717, 1.165) is 5.56 Å². The van der Waals surface area contributed by atoms with E-state index in [2.05, 4.69) is 25.7 Å². The number of methoxy groups -OCH3 is 4. The molecule has 0 aliphatic heterocycles. The van der Waals surface area contributed by atoms with Gasteiger partial charge in [-0.1, -0.05) is 30.3 Å². The molecule has 36 heavy (non-hydrogen) atoms. The van der Waals surface area contributed by atoms with Crippen LogP contribution in [0.2, 0.25) is 0 Å². The molecule has 0 fully saturated rings. The van der Waals surface area contributed by atoms with E-state index in [4.69, 9.17) is 18.9 Å². The zero-order chi connectivity index (χ0) is 25.5. The third-order valence-corrected chi connectivity index (χ3v) is 5.28. The maximum absolute atomic E-state index is 13.0. The minimum Gasteiger partial charge on any atom is -0.497 e. The molecule has 0 aliphatic rings. The zero-order valence-electron chi connectivity index (χ0n) is 20.2. The Morgan fingerprint density at radius 3 is 2.11 bits per heavy atom. The first-order valence-corrected chi connectivity index (χ1v) is 10.9. The summed E-state index contributed by atoms with van der Waals surface area (Å²) in [6.45, 7) is 0. The quantitative estimate of drug-likeness (QED) is 0.271. The van der Waals surface area contributed by atoms with Gasteiger partial charge in [0.05, 0.1) is 34.1 Å². The Balaban J connectivity index is 1.89. The molecule has 1 heterocycles. The zero-order valence-corrected chi connectivity index (χ0v) is 20.2. The monoisotopic (exact) mass is 487 g/mol. The van der Waals surface area contributed by atoms with E-state index < -0.39 is 5.56 Å². The van der Waals surface area contributed by atoms with Gasteiger partial charge >= 0.3 is 0 Å². The Labute approximate surface area is 207 Å². The van der Waals surface area contributed by atoms with Crippen molar-refractivity contribution in [3.05, 3.63) is 88.3 Å². The number of hydrogen-bond donors (Lipinski definition) is 2. The molecule has 0 saturated carbocycles. The number of hydrazone groups is 1. The van der Waals surface area contributed by atoms with E-state index in [-0.39, 0.29) is 11.4 Å². The predicted octanol–water partition coefficient (Wildman–Crippen LogP) is 3.73. The summed E-state index contributed by atoms with van der Waals surface area (Å²) in [5.41, 5.74) is 4.69. The van der Waals surface area contributed by atoms with Crippen molar-refractivity contribution < 1.29 is 18.9 Å². The van der Waals surface area contributed by atoms with Gasteiger partial charge in [0.15, 0.2) is 23.0 Å². The van der Waals surface area contributed by atoms with Crippen molar-refractivity contribution in [1.82, 2.24) is 15.2 Å². The second-order valence-corrected chi connectivity index (χ2v) is 7.42. The average molecular weight is 488 g/mol. The topological polar surface area (TPSA) is 120 Å². The van der Waals surface area contributed by atoms with Crippen LogP contribution in [0, 0.1) is 0 Å². The maximum atomic E-state index is 13.0. The Morgan fingerprint density at radius 1 is 0.861 bits per heavy atom. The van der Waals surface area contributed by atoms with Crippen molar-refractivity contribution >= 4 is 11.4 Å². The van der Waals surface area contributed by atoms with Crippen LogP contribution in [0.1, 0.15) is 11.3 Å². The highest BCUT2D eigenvalue weighted by molar-refractivity contribution is 6.12. The summed E-state index contributed by atoms with van der Waals surface area (Å²) in [7, 11) is 6.13. The Kier molecular flexibility index (Phi) is 7.45. The number of benzene rings is 3. The summed E-state index contributed by atoms with van der Waals surface area (Å²) < 4.78 is 21.7. The van der Waals surface area contributed by atoms with Crippen LogP contribution in [0.5, 0.6) is 23.0 Å². The van der Waals surface area contributed by atoms with Gasteiger partial charge in [-0.05, 0) is 36.4 Å². The van der Waals surface area contributed by atoms with Gasteiger partial charge in [-0.3, -0.25) is 10.2 Å². The fourth-order valence-electron chi connectivity index (χ4n) is 3.47. The van der Waals surface area contributed by atoms with Crippen LogP contribution in [0.3, 0.4) is 0 Å². The maximum Gasteiger partial charge on any atom is 0.292 e. The lowest BCUT2D eigenvalue weighted by atomic mass is 10.1. The molecule has 0 atom stereocenters. The number of aromatic nitrogens is 3. The highest BCUT2D eigenvalue weighted by Crippen LogP contribution is 2.38. The highest BCUT2D eigenvalue weighted by Gasteiger charge is 2.21. The van der Waals surface area contributed by atoms with E-state index >= 15 is 0 Å². The summed E-state index contributed by atoms with van der Waals surface area (Å²) in [5, 5.41) is 11.2. The molecule has 0 amide bonds. The lowest BCUT2D eigenvalue weighted by molar-refractivity contribution is 0.324. The lowest BCUT2D eigenvalue weighted by Crippen LogP contribution is -2.24. The van der Waals surface area contributed by atoms with Gasteiger partial charge in [0.25, 0.3) is 5.56 Å². The molecule has 3 aromatic carbocycles. The van der Waals surface area contributed by atoms with Crippen molar-refractivity contribution in [2.75, 3.05) is 33.9 Å². The van der Waals surface area contributed by atoms with Gasteiger partial charge in [0.1, 0.15) is 11.5 Å². The summed E-state index contributed by atoms with van der Waals surface area (Å²) in [4.78, 5) is 17.5. The molecule has 1 aromatic heterocycles. The van der Waals surface area contributed by atoms with Crippen LogP contribution in [0.4, 0.5) is 5.69 Å². The van der Waals surface area contributed by atoms with Gasteiger partial charge in [-0.15, -0.1) is 0 Å². The number of hydrogen-bond acceptors (Lipinski definition) is 9. The van der Waals surface area contributed by atoms with E-state index in [1.54, 1.807) is 43.5 Å². The normalized spacial score (nSPS) is 11.1. The minimum absolute atomic E-state index is 0.0548. The van der Waals surface area contributed by atoms with Gasteiger partial charge in [-0.25, -0.2) is 10.1 Å². The first-order chi connectivity index (χ1) is 17.6. The number of rotatable bonds is 9. The molecule has 10 nitrogen and oxygen atoms in total. The van der Waals surface area contributed by atoms with Crippen LogP contribution >= 0.6 is 0 Å². The molecular weight excluding hydrogens is 462 g/mol. The minimum atomic E-state index is -0.515. The van der Waals surface area contributed by atoms with E-state index in [9.17, 15) is 4.79 Å². The van der Waals surface area contributed by atoms with Gasteiger partial charge in [-0.2, -0.15) is 10.2 Å². The van der Waals surface area contributed by atoms with E-state index in [1.807, 2.05) is 30.3 Å². The largest absolute Gasteiger partial charge is 0.497 e. The van der Waals surface area contributed by atoms with Crippen molar-refractivity contribution in [1.29, 1.82) is 0 Å². The van der Waals surface area contributed by atoms with Crippen LogP contribution in [-0.4, -0.2) is 49.3 Å². The Morgan fingerprint density at radius 2 is 1.53 bits per heavy atom. The first kappa shape index (κ1) is 24.3. The molecule has 0 spiro atoms. The Bertz CT molecular complexity index is 1390. The third-order valence-electron chi connectivity index (χ3n) is 5.28. The fourth-order valence-corrected chi connectivity index (χ4v) is 3.47. The smallest absolute Gasteiger partial charge is 0.292 e. The molecule has 0 radical (unpaired) electrons. The second-order valence-electron chi connectivity index (χ2n) is 7.42. The van der Waals surface area contributed by atoms with Crippen LogP contribution in [-0.2, 0) is 0 Å². The molecular formula is C26H25N5O5. The first-order valence-electron chi connectivity index (χ1n) is 10.9. The number of aromatic amines is 1. The summed E-state index contributed by atoms with van der Waals surface area (Å²) in [6, 6.07) is 19.9. The highest BCUT2D eigenvalue weighted by atomic mass is 16.5. The van der Waals surface area contributed by atoms with Crippen LogP contribution in [0.25, 0.3) is 11.4 Å².